The van der Waals surface area contributed by atoms with Gasteiger partial charge in [-0.15, -0.1) is 0 Å². The van der Waals surface area contributed by atoms with Crippen LogP contribution in [0.2, 0.25) is 0 Å². The van der Waals surface area contributed by atoms with Crippen LogP contribution in [0.1, 0.15) is 0 Å². The maximum absolute atomic E-state index is 6.40. The molecule has 0 N–H and O–H groups in total. The lowest BCUT2D eigenvalue weighted by molar-refractivity contribution is 0.669. The zero-order valence-electron chi connectivity index (χ0n) is 25.6. The Morgan fingerprint density at radius 2 is 0.830 bits per heavy atom. The zero-order chi connectivity index (χ0) is 30.9. The minimum Gasteiger partial charge on any atom is -0.456 e. The van der Waals surface area contributed by atoms with Gasteiger partial charge in [-0.2, -0.15) is 0 Å². The van der Waals surface area contributed by atoms with E-state index in [9.17, 15) is 0 Å². The third-order valence-corrected chi connectivity index (χ3v) is 9.84. The van der Waals surface area contributed by atoms with Crippen molar-refractivity contribution in [1.29, 1.82) is 0 Å². The van der Waals surface area contributed by atoms with Gasteiger partial charge in [-0.3, -0.25) is 0 Å². The molecule has 10 rings (SSSR count). The predicted octanol–water partition coefficient (Wildman–Crippen LogP) is 13.2. The van der Waals surface area contributed by atoms with Gasteiger partial charge >= 0.3 is 0 Å². The normalized spacial score (nSPS) is 11.8. The molecule has 1 heterocycles. The van der Waals surface area contributed by atoms with E-state index in [1.165, 1.54) is 81.9 Å². The Morgan fingerprint density at radius 1 is 0.298 bits per heavy atom. The van der Waals surface area contributed by atoms with E-state index < -0.39 is 0 Å². The Balaban J connectivity index is 1.34. The van der Waals surface area contributed by atoms with Crippen molar-refractivity contribution in [3.63, 3.8) is 0 Å². The predicted molar refractivity (Wildman–Crippen MR) is 200 cm³/mol. The highest BCUT2D eigenvalue weighted by atomic mass is 16.3. The summed E-state index contributed by atoms with van der Waals surface area (Å²) < 4.78 is 6.40. The molecule has 0 aliphatic carbocycles. The first-order chi connectivity index (χ1) is 23.3. The average Bonchev–Trinajstić information content (AvgIpc) is 3.52. The number of furan rings is 1. The molecule has 1 aromatic heterocycles. The monoisotopic (exact) mass is 596 g/mol. The van der Waals surface area contributed by atoms with E-state index >= 15 is 0 Å². The molecular weight excluding hydrogens is 569 g/mol. The second-order valence-electron chi connectivity index (χ2n) is 12.4. The Hall–Kier alpha value is -6.18. The molecular formula is C46H28O. The fraction of sp³-hybridized carbons (Fsp3) is 0. The van der Waals surface area contributed by atoms with Gasteiger partial charge < -0.3 is 4.42 Å². The van der Waals surface area contributed by atoms with Gasteiger partial charge in [0.15, 0.2) is 0 Å². The SMILES string of the molecule is c1ccc(-c2ccc3ccccc3c2-c2c3ccccc3c(-c3ccc4oc5ccc6ccccc6c5c4c3)c3ccccc23)cc1. The van der Waals surface area contributed by atoms with Crippen LogP contribution in [0.3, 0.4) is 0 Å². The maximum atomic E-state index is 6.40. The summed E-state index contributed by atoms with van der Waals surface area (Å²) in [4.78, 5) is 0. The van der Waals surface area contributed by atoms with Crippen LogP contribution in [-0.2, 0) is 0 Å². The first-order valence-corrected chi connectivity index (χ1v) is 16.2. The maximum Gasteiger partial charge on any atom is 0.136 e. The summed E-state index contributed by atoms with van der Waals surface area (Å²) >= 11 is 0. The first-order valence-electron chi connectivity index (χ1n) is 16.2. The second-order valence-corrected chi connectivity index (χ2v) is 12.4. The molecule has 0 saturated heterocycles. The minimum atomic E-state index is 0.911. The molecule has 0 unspecified atom stereocenters. The topological polar surface area (TPSA) is 13.1 Å². The summed E-state index contributed by atoms with van der Waals surface area (Å²) in [6, 6.07) is 61.6. The van der Waals surface area contributed by atoms with Crippen LogP contribution >= 0.6 is 0 Å². The fourth-order valence-corrected chi connectivity index (χ4v) is 7.81. The van der Waals surface area contributed by atoms with Crippen molar-refractivity contribution in [2.24, 2.45) is 0 Å². The van der Waals surface area contributed by atoms with Crippen LogP contribution in [0.25, 0.3) is 98.4 Å². The first kappa shape index (κ1) is 26.1. The van der Waals surface area contributed by atoms with Crippen molar-refractivity contribution in [2.75, 3.05) is 0 Å². The van der Waals surface area contributed by atoms with Gasteiger partial charge in [-0.05, 0) is 94.7 Å². The molecule has 0 bridgehead atoms. The average molecular weight is 597 g/mol. The van der Waals surface area contributed by atoms with Gasteiger partial charge in [0.1, 0.15) is 11.2 Å². The van der Waals surface area contributed by atoms with E-state index in [4.69, 9.17) is 4.42 Å². The summed E-state index contributed by atoms with van der Waals surface area (Å²) in [6.45, 7) is 0. The lowest BCUT2D eigenvalue weighted by Crippen LogP contribution is -1.94. The van der Waals surface area contributed by atoms with Crippen molar-refractivity contribution in [2.45, 2.75) is 0 Å². The molecule has 1 heteroatoms. The smallest absolute Gasteiger partial charge is 0.136 e. The molecule has 10 aromatic rings. The molecule has 1 nitrogen and oxygen atoms in total. The van der Waals surface area contributed by atoms with Crippen LogP contribution in [-0.4, -0.2) is 0 Å². The Kier molecular flexibility index (Phi) is 5.64. The lowest BCUT2D eigenvalue weighted by Gasteiger charge is -2.21. The van der Waals surface area contributed by atoms with Gasteiger partial charge in [0, 0.05) is 10.8 Å². The van der Waals surface area contributed by atoms with E-state index in [1.807, 2.05) is 0 Å². The summed E-state index contributed by atoms with van der Waals surface area (Å²) in [6.07, 6.45) is 0. The van der Waals surface area contributed by atoms with Gasteiger partial charge in [-0.25, -0.2) is 0 Å². The van der Waals surface area contributed by atoms with E-state index in [-0.39, 0.29) is 0 Å². The number of hydrogen-bond acceptors (Lipinski definition) is 1. The van der Waals surface area contributed by atoms with Gasteiger partial charge in [0.25, 0.3) is 0 Å². The molecule has 0 aliphatic rings. The number of fused-ring (bicyclic) bond motifs is 8. The fourth-order valence-electron chi connectivity index (χ4n) is 7.81. The number of rotatable bonds is 3. The van der Waals surface area contributed by atoms with E-state index in [0.717, 1.165) is 16.6 Å². The van der Waals surface area contributed by atoms with Crippen molar-refractivity contribution < 1.29 is 4.42 Å². The molecule has 47 heavy (non-hydrogen) atoms. The van der Waals surface area contributed by atoms with Crippen molar-refractivity contribution in [3.8, 4) is 33.4 Å². The standard InChI is InChI=1S/C46H28O/c1-2-12-29(13-3-1)35-25-22-30-14-5-7-17-34(30)45(35)46-38-20-10-8-18-36(38)43(37-19-9-11-21-39(37)46)32-24-26-41-40(28-32)44-33-16-6-4-15-31(33)23-27-42(44)47-41/h1-28H. The molecule has 0 amide bonds. The third kappa shape index (κ3) is 3.90. The van der Waals surface area contributed by atoms with E-state index in [2.05, 4.69) is 170 Å². The second kappa shape index (κ2) is 10.2. The van der Waals surface area contributed by atoms with Crippen LogP contribution in [0.4, 0.5) is 0 Å². The summed E-state index contributed by atoms with van der Waals surface area (Å²) in [7, 11) is 0. The molecule has 0 atom stereocenters. The molecule has 0 radical (unpaired) electrons. The van der Waals surface area contributed by atoms with Gasteiger partial charge in [0.2, 0.25) is 0 Å². The van der Waals surface area contributed by atoms with Crippen molar-refractivity contribution >= 4 is 65.0 Å². The molecule has 0 spiro atoms. The van der Waals surface area contributed by atoms with Crippen LogP contribution in [0.15, 0.2) is 174 Å². The Labute approximate surface area is 271 Å². The third-order valence-electron chi connectivity index (χ3n) is 9.84. The van der Waals surface area contributed by atoms with Crippen LogP contribution in [0, 0.1) is 0 Å². The van der Waals surface area contributed by atoms with E-state index in [0.29, 0.717) is 0 Å². The van der Waals surface area contributed by atoms with Crippen LogP contribution in [0.5, 0.6) is 0 Å². The highest BCUT2D eigenvalue weighted by molar-refractivity contribution is 6.26. The summed E-state index contributed by atoms with van der Waals surface area (Å²) in [5.41, 5.74) is 9.28. The molecule has 0 aliphatic heterocycles. The van der Waals surface area contributed by atoms with E-state index in [1.54, 1.807) is 0 Å². The Morgan fingerprint density at radius 3 is 1.53 bits per heavy atom. The van der Waals surface area contributed by atoms with Crippen molar-refractivity contribution in [3.05, 3.63) is 170 Å². The molecule has 0 saturated carbocycles. The quantitative estimate of drug-likeness (QED) is 0.185. The van der Waals surface area contributed by atoms with Crippen molar-refractivity contribution in [1.82, 2.24) is 0 Å². The molecule has 0 fully saturated rings. The van der Waals surface area contributed by atoms with Gasteiger partial charge in [0.05, 0.1) is 0 Å². The number of benzene rings is 9. The highest BCUT2D eigenvalue weighted by Gasteiger charge is 2.21. The Bertz CT molecular complexity index is 2780. The van der Waals surface area contributed by atoms with Crippen LogP contribution < -0.4 is 0 Å². The zero-order valence-corrected chi connectivity index (χ0v) is 25.6. The number of hydrogen-bond donors (Lipinski definition) is 0. The molecule has 9 aromatic carbocycles. The summed E-state index contributed by atoms with van der Waals surface area (Å²) in [5.74, 6) is 0. The molecule has 218 valence electrons. The highest BCUT2D eigenvalue weighted by Crippen LogP contribution is 2.49. The largest absolute Gasteiger partial charge is 0.456 e. The van der Waals surface area contributed by atoms with Gasteiger partial charge in [-0.1, -0.05) is 152 Å². The lowest BCUT2D eigenvalue weighted by atomic mass is 9.82. The summed E-state index contributed by atoms with van der Waals surface area (Å²) in [5, 5.41) is 12.2. The minimum absolute atomic E-state index is 0.911.